The lowest BCUT2D eigenvalue weighted by Crippen LogP contribution is -2.45. The van der Waals surface area contributed by atoms with Gasteiger partial charge in [0, 0.05) is 18.8 Å². The van der Waals surface area contributed by atoms with E-state index in [0.717, 1.165) is 30.3 Å². The third kappa shape index (κ3) is 2.06. The molecule has 16 heavy (non-hydrogen) atoms. The van der Waals surface area contributed by atoms with Crippen molar-refractivity contribution in [1.29, 1.82) is 0 Å². The van der Waals surface area contributed by atoms with Gasteiger partial charge in [-0.25, -0.2) is 4.39 Å². The number of nitrogens with zero attached hydrogens (tertiary/aromatic N) is 1. The molecule has 0 unspecified atom stereocenters. The molecule has 1 aliphatic heterocycles. The van der Waals surface area contributed by atoms with Crippen LogP contribution in [0.4, 0.5) is 10.1 Å². The maximum absolute atomic E-state index is 13.9. The summed E-state index contributed by atoms with van der Waals surface area (Å²) in [5.74, 6) is 0.662. The molecule has 1 aliphatic rings. The van der Waals surface area contributed by atoms with Gasteiger partial charge in [0.15, 0.2) is 0 Å². The highest BCUT2D eigenvalue weighted by molar-refractivity contribution is 5.51. The van der Waals surface area contributed by atoms with E-state index in [-0.39, 0.29) is 11.2 Å². The minimum atomic E-state index is -0.120. The minimum absolute atomic E-state index is 0.0791. The molecule has 1 fully saturated rings. The van der Waals surface area contributed by atoms with E-state index in [1.54, 1.807) is 6.07 Å². The first-order valence-corrected chi connectivity index (χ1v) is 5.93. The van der Waals surface area contributed by atoms with Gasteiger partial charge in [0.1, 0.15) is 5.82 Å². The number of anilines is 1. The van der Waals surface area contributed by atoms with Gasteiger partial charge in [-0.2, -0.15) is 0 Å². The van der Waals surface area contributed by atoms with Crippen LogP contribution in [0.2, 0.25) is 0 Å². The maximum Gasteiger partial charge on any atom is 0.128 e. The van der Waals surface area contributed by atoms with E-state index in [1.165, 1.54) is 0 Å². The summed E-state index contributed by atoms with van der Waals surface area (Å²) >= 11 is 0. The van der Waals surface area contributed by atoms with Gasteiger partial charge in [-0.15, -0.1) is 0 Å². The van der Waals surface area contributed by atoms with Crippen LogP contribution in [0.5, 0.6) is 0 Å². The van der Waals surface area contributed by atoms with Crippen molar-refractivity contribution in [3.05, 3.63) is 29.6 Å². The fraction of sp³-hybridized carbons (Fsp3) is 0.571. The van der Waals surface area contributed by atoms with Crippen LogP contribution in [-0.2, 0) is 5.41 Å². The predicted molar refractivity (Wildman–Crippen MR) is 66.5 cm³/mol. The molecule has 2 rings (SSSR count). The summed E-state index contributed by atoms with van der Waals surface area (Å²) in [6, 6.07) is 5.63. The summed E-state index contributed by atoms with van der Waals surface area (Å²) in [6.45, 7) is 10.4. The smallest absolute Gasteiger partial charge is 0.128 e. The third-order valence-electron chi connectivity index (χ3n) is 3.19. The first-order chi connectivity index (χ1) is 7.38. The lowest BCUT2D eigenvalue weighted by atomic mass is 9.86. The van der Waals surface area contributed by atoms with Crippen LogP contribution in [-0.4, -0.2) is 13.1 Å². The van der Waals surface area contributed by atoms with Crippen molar-refractivity contribution >= 4 is 5.69 Å². The van der Waals surface area contributed by atoms with Gasteiger partial charge < -0.3 is 4.90 Å². The molecule has 0 radical (unpaired) electrons. The van der Waals surface area contributed by atoms with Crippen molar-refractivity contribution in [3.8, 4) is 0 Å². The number of rotatable bonds is 1. The van der Waals surface area contributed by atoms with Gasteiger partial charge in [-0.1, -0.05) is 33.8 Å². The van der Waals surface area contributed by atoms with Crippen molar-refractivity contribution < 1.29 is 4.39 Å². The third-order valence-corrected chi connectivity index (χ3v) is 3.19. The normalized spacial score (nSPS) is 17.4. The SMILES string of the molecule is CC1CN(c2ccc(C(C)(C)C)c(F)c2)C1. The summed E-state index contributed by atoms with van der Waals surface area (Å²) in [6.07, 6.45) is 0. The summed E-state index contributed by atoms with van der Waals surface area (Å²) in [5, 5.41) is 0. The molecule has 0 saturated carbocycles. The molecule has 2 heteroatoms. The molecular weight excluding hydrogens is 201 g/mol. The molecule has 0 aromatic heterocycles. The van der Waals surface area contributed by atoms with E-state index >= 15 is 0 Å². The highest BCUT2D eigenvalue weighted by Crippen LogP contribution is 2.30. The van der Waals surface area contributed by atoms with Crippen LogP contribution in [0.1, 0.15) is 33.3 Å². The largest absolute Gasteiger partial charge is 0.371 e. The summed E-state index contributed by atoms with van der Waals surface area (Å²) in [5.41, 5.74) is 1.69. The lowest BCUT2D eigenvalue weighted by Gasteiger charge is -2.39. The molecule has 1 aromatic rings. The molecule has 1 nitrogen and oxygen atoms in total. The molecule has 1 aromatic carbocycles. The summed E-state index contributed by atoms with van der Waals surface area (Å²) in [4.78, 5) is 2.22. The van der Waals surface area contributed by atoms with Crippen LogP contribution in [0.25, 0.3) is 0 Å². The molecule has 0 bridgehead atoms. The molecule has 0 amide bonds. The Kier molecular flexibility index (Phi) is 2.69. The Bertz CT molecular complexity index is 386. The van der Waals surface area contributed by atoms with Crippen LogP contribution in [0.3, 0.4) is 0 Å². The maximum atomic E-state index is 13.9. The average Bonchev–Trinajstić information content (AvgIpc) is 2.10. The Labute approximate surface area is 97.3 Å². The first kappa shape index (κ1) is 11.4. The van der Waals surface area contributed by atoms with Crippen LogP contribution in [0, 0.1) is 11.7 Å². The second-order valence-corrected chi connectivity index (χ2v) is 5.92. The highest BCUT2D eigenvalue weighted by atomic mass is 19.1. The van der Waals surface area contributed by atoms with Crippen LogP contribution in [0.15, 0.2) is 18.2 Å². The molecule has 1 saturated heterocycles. The Morgan fingerprint density at radius 1 is 1.25 bits per heavy atom. The van der Waals surface area contributed by atoms with E-state index in [2.05, 4.69) is 11.8 Å². The van der Waals surface area contributed by atoms with E-state index in [0.29, 0.717) is 0 Å². The fourth-order valence-corrected chi connectivity index (χ4v) is 2.22. The molecule has 0 aliphatic carbocycles. The van der Waals surface area contributed by atoms with E-state index in [9.17, 15) is 4.39 Å². The lowest BCUT2D eigenvalue weighted by molar-refractivity contribution is 0.445. The van der Waals surface area contributed by atoms with Gasteiger partial charge in [-0.3, -0.25) is 0 Å². The van der Waals surface area contributed by atoms with E-state index in [4.69, 9.17) is 0 Å². The Morgan fingerprint density at radius 2 is 1.88 bits per heavy atom. The standard InChI is InChI=1S/C14H20FN/c1-10-8-16(9-10)11-5-6-12(13(15)7-11)14(2,3)4/h5-7,10H,8-9H2,1-4H3. The average molecular weight is 221 g/mol. The number of halogens is 1. The highest BCUT2D eigenvalue weighted by Gasteiger charge is 2.24. The van der Waals surface area contributed by atoms with Gasteiger partial charge >= 0.3 is 0 Å². The summed E-state index contributed by atoms with van der Waals surface area (Å²) in [7, 11) is 0. The minimum Gasteiger partial charge on any atom is -0.371 e. The van der Waals surface area contributed by atoms with Gasteiger partial charge in [0.05, 0.1) is 0 Å². The predicted octanol–water partition coefficient (Wildman–Crippen LogP) is 3.58. The quantitative estimate of drug-likeness (QED) is 0.700. The fourth-order valence-electron chi connectivity index (χ4n) is 2.22. The van der Waals surface area contributed by atoms with Gasteiger partial charge in [-0.05, 0) is 29.0 Å². The van der Waals surface area contributed by atoms with Crippen molar-refractivity contribution in [2.45, 2.75) is 33.1 Å². The van der Waals surface area contributed by atoms with Crippen molar-refractivity contribution in [2.75, 3.05) is 18.0 Å². The second-order valence-electron chi connectivity index (χ2n) is 5.92. The Hall–Kier alpha value is -1.05. The zero-order chi connectivity index (χ0) is 11.9. The number of hydrogen-bond donors (Lipinski definition) is 0. The second kappa shape index (κ2) is 3.76. The molecule has 88 valence electrons. The Morgan fingerprint density at radius 3 is 2.31 bits per heavy atom. The van der Waals surface area contributed by atoms with Crippen molar-refractivity contribution in [2.24, 2.45) is 5.92 Å². The first-order valence-electron chi connectivity index (χ1n) is 5.93. The molecule has 0 atom stereocenters. The van der Waals surface area contributed by atoms with E-state index < -0.39 is 0 Å². The van der Waals surface area contributed by atoms with E-state index in [1.807, 2.05) is 32.9 Å². The zero-order valence-electron chi connectivity index (χ0n) is 10.5. The zero-order valence-corrected chi connectivity index (χ0v) is 10.5. The van der Waals surface area contributed by atoms with Crippen LogP contribution < -0.4 is 4.90 Å². The molecule has 1 heterocycles. The number of hydrogen-bond acceptors (Lipinski definition) is 1. The van der Waals surface area contributed by atoms with Gasteiger partial charge in [0.2, 0.25) is 0 Å². The topological polar surface area (TPSA) is 3.24 Å². The van der Waals surface area contributed by atoms with Crippen molar-refractivity contribution in [3.63, 3.8) is 0 Å². The molecular formula is C14H20FN. The number of benzene rings is 1. The van der Waals surface area contributed by atoms with Crippen molar-refractivity contribution in [1.82, 2.24) is 0 Å². The Balaban J connectivity index is 2.23. The van der Waals surface area contributed by atoms with Gasteiger partial charge in [0.25, 0.3) is 0 Å². The summed E-state index contributed by atoms with van der Waals surface area (Å²) < 4.78 is 13.9. The molecule has 0 spiro atoms. The molecule has 0 N–H and O–H groups in total. The monoisotopic (exact) mass is 221 g/mol. The van der Waals surface area contributed by atoms with Crippen LogP contribution >= 0.6 is 0 Å².